The van der Waals surface area contributed by atoms with Gasteiger partial charge in [-0.15, -0.1) is 0 Å². The van der Waals surface area contributed by atoms with Gasteiger partial charge in [0.25, 0.3) is 0 Å². The molecular weight excluding hydrogens is 530 g/mol. The number of nitrogens with two attached hydrogens (primary N) is 1. The molecule has 6 rings (SSSR count). The standard InChI is InChI=1S/C29H39N5O7/c1-32-22-17-9-14-8-16-18(33(2)3)10-15(12-34-6-4-13(11-30)5-7-34)23(35)20(16)24(36)19(14)26(38)28(17)29(40,41-28)21(25(22)37)27(31)39/h13-15,17,21-22,25,32,35,37-38,40H,4-10,12H2,1-3H3,(H2,31,39)/t14-,15?,17?,21?,22-,25?,28?,29?/m0/s1. The molecule has 0 radical (unpaired) electrons. The Hall–Kier alpha value is -2.95. The first kappa shape index (κ1) is 28.2. The number of likely N-dealkylation sites (N-methyl/N-ethyl adjacent to an activating group) is 1. The Bertz CT molecular complexity index is 1320. The van der Waals surface area contributed by atoms with Crippen molar-refractivity contribution in [2.45, 2.75) is 55.6 Å². The average Bonchev–Trinajstić information content (AvgIpc) is 3.55. The summed E-state index contributed by atoms with van der Waals surface area (Å²) in [4.78, 5) is 30.8. The average molecular weight is 570 g/mol. The Morgan fingerprint density at radius 1 is 1.27 bits per heavy atom. The lowest BCUT2D eigenvalue weighted by atomic mass is 9.57. The Morgan fingerprint density at radius 3 is 2.54 bits per heavy atom. The van der Waals surface area contributed by atoms with Crippen molar-refractivity contribution in [1.82, 2.24) is 15.1 Å². The van der Waals surface area contributed by atoms with Crippen LogP contribution in [0.25, 0.3) is 0 Å². The lowest BCUT2D eigenvalue weighted by Gasteiger charge is -2.48. The molecule has 7 N–H and O–H groups in total. The number of ether oxygens (including phenoxy) is 1. The van der Waals surface area contributed by atoms with Gasteiger partial charge < -0.3 is 46.0 Å². The van der Waals surface area contributed by atoms with Crippen LogP contribution in [0.4, 0.5) is 0 Å². The number of Topliss-reactive ketones (excluding diaryl/α,β-unsaturated/α-hetero) is 1. The zero-order valence-electron chi connectivity index (χ0n) is 23.6. The quantitative estimate of drug-likeness (QED) is 0.240. The molecule has 2 saturated carbocycles. The minimum Gasteiger partial charge on any atom is -0.511 e. The number of likely N-dealkylation sites (tertiary alicyclic amines) is 1. The van der Waals surface area contributed by atoms with Gasteiger partial charge in [-0.05, 0) is 63.7 Å². The first-order valence-electron chi connectivity index (χ1n) is 14.4. The van der Waals surface area contributed by atoms with E-state index in [0.29, 0.717) is 25.8 Å². The number of epoxide rings is 1. The van der Waals surface area contributed by atoms with Crippen molar-refractivity contribution in [3.8, 4) is 6.07 Å². The van der Waals surface area contributed by atoms with Crippen molar-refractivity contribution in [2.75, 3.05) is 40.8 Å². The van der Waals surface area contributed by atoms with Crippen LogP contribution >= 0.6 is 0 Å². The van der Waals surface area contributed by atoms with Crippen LogP contribution in [-0.2, 0) is 14.3 Å². The summed E-state index contributed by atoms with van der Waals surface area (Å²) in [5.41, 5.74) is 5.74. The Labute approximate surface area is 238 Å². The number of nitrogens with zero attached hydrogens (tertiary/aromatic N) is 3. The van der Waals surface area contributed by atoms with Crippen LogP contribution in [0.2, 0.25) is 0 Å². The molecule has 6 unspecified atom stereocenters. The maximum Gasteiger partial charge on any atom is 0.228 e. The highest BCUT2D eigenvalue weighted by molar-refractivity contribution is 6.14. The fourth-order valence-electron chi connectivity index (χ4n) is 8.49. The number of ketones is 1. The van der Waals surface area contributed by atoms with E-state index >= 15 is 0 Å². The first-order valence-corrected chi connectivity index (χ1v) is 14.4. The van der Waals surface area contributed by atoms with E-state index in [2.05, 4.69) is 16.3 Å². The molecule has 0 aromatic carbocycles. The molecule has 4 fully saturated rings. The summed E-state index contributed by atoms with van der Waals surface area (Å²) >= 11 is 0. The number of rotatable bonds is 5. The number of allylic oxidation sites excluding steroid dienone is 4. The molecule has 0 aromatic rings. The van der Waals surface area contributed by atoms with Crippen molar-refractivity contribution in [3.05, 3.63) is 33.9 Å². The van der Waals surface area contributed by atoms with Crippen LogP contribution in [0.3, 0.4) is 0 Å². The number of carbonyl (C=O) groups excluding carboxylic acids is 2. The second-order valence-electron chi connectivity index (χ2n) is 12.7. The van der Waals surface area contributed by atoms with Crippen LogP contribution in [0, 0.1) is 40.9 Å². The smallest absolute Gasteiger partial charge is 0.228 e. The van der Waals surface area contributed by atoms with Gasteiger partial charge in [0, 0.05) is 55.7 Å². The summed E-state index contributed by atoms with van der Waals surface area (Å²) < 4.78 is 5.77. The number of amides is 1. The number of aliphatic hydroxyl groups excluding tert-OH is 3. The van der Waals surface area contributed by atoms with Crippen molar-refractivity contribution < 1.29 is 34.8 Å². The zero-order chi connectivity index (χ0) is 29.6. The monoisotopic (exact) mass is 569 g/mol. The van der Waals surface area contributed by atoms with Gasteiger partial charge in [-0.25, -0.2) is 0 Å². The second kappa shape index (κ2) is 9.54. The maximum atomic E-state index is 14.2. The van der Waals surface area contributed by atoms with Gasteiger partial charge in [-0.1, -0.05) is 0 Å². The molecule has 0 aromatic heterocycles. The Morgan fingerprint density at radius 2 is 1.95 bits per heavy atom. The van der Waals surface area contributed by atoms with Crippen LogP contribution in [0.5, 0.6) is 0 Å². The number of primary amides is 1. The van der Waals surface area contributed by atoms with E-state index in [1.807, 2.05) is 19.0 Å². The molecule has 2 heterocycles. The van der Waals surface area contributed by atoms with Crippen LogP contribution in [0.15, 0.2) is 33.9 Å². The lowest BCUT2D eigenvalue weighted by Crippen LogP contribution is -2.66. The van der Waals surface area contributed by atoms with E-state index in [-0.39, 0.29) is 28.7 Å². The minimum atomic E-state index is -2.25. The third-order valence-electron chi connectivity index (χ3n) is 10.5. The third-order valence-corrected chi connectivity index (χ3v) is 10.5. The molecule has 2 saturated heterocycles. The van der Waals surface area contributed by atoms with E-state index in [1.54, 1.807) is 7.05 Å². The molecular formula is C29H39N5O7. The highest BCUT2D eigenvalue weighted by atomic mass is 16.8. The molecule has 1 spiro atoms. The predicted octanol–water partition coefficient (Wildman–Crippen LogP) is -0.188. The van der Waals surface area contributed by atoms with Crippen LogP contribution in [-0.4, -0.2) is 106 Å². The van der Waals surface area contributed by atoms with Gasteiger partial charge in [0.15, 0.2) is 11.4 Å². The Balaban J connectivity index is 1.40. The highest BCUT2D eigenvalue weighted by Crippen LogP contribution is 2.68. The number of nitrogens with one attached hydrogen (secondary N) is 1. The molecule has 4 aliphatic carbocycles. The molecule has 6 aliphatic rings. The van der Waals surface area contributed by atoms with E-state index in [0.717, 1.165) is 37.2 Å². The molecule has 41 heavy (non-hydrogen) atoms. The van der Waals surface area contributed by atoms with Gasteiger partial charge in [0.05, 0.1) is 17.7 Å². The van der Waals surface area contributed by atoms with Gasteiger partial charge in [-0.2, -0.15) is 5.26 Å². The van der Waals surface area contributed by atoms with Gasteiger partial charge in [-0.3, -0.25) is 9.59 Å². The summed E-state index contributed by atoms with van der Waals surface area (Å²) in [5.74, 6) is -7.08. The van der Waals surface area contributed by atoms with Gasteiger partial charge in [0.2, 0.25) is 11.7 Å². The summed E-state index contributed by atoms with van der Waals surface area (Å²) in [6, 6.07) is 1.60. The van der Waals surface area contributed by atoms with Crippen molar-refractivity contribution in [3.63, 3.8) is 0 Å². The predicted molar refractivity (Wildman–Crippen MR) is 144 cm³/mol. The lowest BCUT2D eigenvalue weighted by molar-refractivity contribution is -0.148. The highest BCUT2D eigenvalue weighted by Gasteiger charge is 2.86. The summed E-state index contributed by atoms with van der Waals surface area (Å²) in [5, 5.41) is 58.0. The number of carbonyl (C=O) groups is 2. The maximum absolute atomic E-state index is 14.2. The first-order chi connectivity index (χ1) is 19.4. The van der Waals surface area contributed by atoms with E-state index in [4.69, 9.17) is 10.5 Å². The molecule has 2 aliphatic heterocycles. The Kier molecular flexibility index (Phi) is 6.56. The van der Waals surface area contributed by atoms with Crippen molar-refractivity contribution in [1.29, 1.82) is 5.26 Å². The van der Waals surface area contributed by atoms with E-state index in [9.17, 15) is 35.3 Å². The summed E-state index contributed by atoms with van der Waals surface area (Å²) in [6.07, 6.45) is 1.41. The van der Waals surface area contributed by atoms with Gasteiger partial charge >= 0.3 is 0 Å². The molecule has 8 atom stereocenters. The number of piperidine rings is 1. The van der Waals surface area contributed by atoms with Crippen molar-refractivity contribution in [2.24, 2.45) is 35.3 Å². The summed E-state index contributed by atoms with van der Waals surface area (Å²) in [7, 11) is 5.44. The zero-order valence-corrected chi connectivity index (χ0v) is 23.6. The van der Waals surface area contributed by atoms with Crippen LogP contribution in [0.1, 0.15) is 32.1 Å². The number of hydrogen-bond donors (Lipinski definition) is 6. The molecule has 1 amide bonds. The molecule has 0 bridgehead atoms. The number of aliphatic hydroxyl groups is 4. The number of fused-ring (bicyclic) bond motifs is 2. The molecule has 222 valence electrons. The third kappa shape index (κ3) is 3.76. The number of nitriles is 1. The van der Waals surface area contributed by atoms with Crippen LogP contribution < -0.4 is 11.1 Å². The summed E-state index contributed by atoms with van der Waals surface area (Å²) in [6.45, 7) is 2.02. The van der Waals surface area contributed by atoms with E-state index < -0.39 is 58.7 Å². The van der Waals surface area contributed by atoms with E-state index in [1.165, 1.54) is 0 Å². The minimum absolute atomic E-state index is 0.00876. The molecule has 12 nitrogen and oxygen atoms in total. The topological polar surface area (TPSA) is 196 Å². The van der Waals surface area contributed by atoms with Gasteiger partial charge in [0.1, 0.15) is 17.4 Å². The van der Waals surface area contributed by atoms with Crippen molar-refractivity contribution >= 4 is 11.7 Å². The molecule has 12 heteroatoms. The SMILES string of the molecule is CN[C@@H]1C(O)C(C(N)=O)C2(O)OC23C(O)=C2C(=O)C4=C(O)C(CN5CCC(C#N)CC5)CC(N(C)C)=C4C[C@H]2CC13. The fraction of sp³-hybridized carbons (Fsp3) is 0.690. The fourth-order valence-corrected chi connectivity index (χ4v) is 8.49. The largest absolute Gasteiger partial charge is 0.511 e. The normalized spacial score (nSPS) is 40.8. The second-order valence-corrected chi connectivity index (χ2v) is 12.7. The number of hydrogen-bond acceptors (Lipinski definition) is 11.